The van der Waals surface area contributed by atoms with Gasteiger partial charge in [0.2, 0.25) is 0 Å². The van der Waals surface area contributed by atoms with Gasteiger partial charge in [-0.3, -0.25) is 13.0 Å². The zero-order chi connectivity index (χ0) is 33.1. The van der Waals surface area contributed by atoms with Crippen LogP contribution in [0.15, 0.2) is 0 Å². The Morgan fingerprint density at radius 1 is 0.659 bits per heavy atom. The fourth-order valence-corrected chi connectivity index (χ4v) is 3.72. The largest absolute Gasteiger partial charge is 2.00 e. The monoisotopic (exact) mass is 700 g/mol. The average Bonchev–Trinajstić information content (AvgIpc) is 2.89. The van der Waals surface area contributed by atoms with E-state index in [0.717, 1.165) is 25.7 Å². The van der Waals surface area contributed by atoms with Crippen molar-refractivity contribution in [2.45, 2.75) is 148 Å². The van der Waals surface area contributed by atoms with E-state index in [1.165, 1.54) is 89.9 Å². The van der Waals surface area contributed by atoms with Crippen LogP contribution in [0.2, 0.25) is 0 Å². The Morgan fingerprint density at radius 3 is 1.16 bits per heavy atom. The first-order chi connectivity index (χ1) is 19.6. The van der Waals surface area contributed by atoms with Crippen LogP contribution in [0.3, 0.4) is 0 Å². The number of aliphatic hydroxyl groups is 3. The fourth-order valence-electron chi connectivity index (χ4n) is 3.39. The molecule has 44 heavy (non-hydrogen) atoms. The van der Waals surface area contributed by atoms with E-state index in [9.17, 15) is 18.3 Å². The minimum atomic E-state index is -5.17. The van der Waals surface area contributed by atoms with E-state index in [4.69, 9.17) is 37.4 Å². The summed E-state index contributed by atoms with van der Waals surface area (Å²) in [5.41, 5.74) is 0. The molecule has 0 aromatic rings. The second-order valence-corrected chi connectivity index (χ2v) is 11.7. The summed E-state index contributed by atoms with van der Waals surface area (Å²) in [6.45, 7) is 3.80. The van der Waals surface area contributed by atoms with Crippen LogP contribution in [0, 0.1) is 0 Å². The van der Waals surface area contributed by atoms with Crippen molar-refractivity contribution in [3.63, 3.8) is 0 Å². The zero-order valence-corrected chi connectivity index (χ0v) is 32.4. The molecular weight excluding hydrogens is 644 g/mol. The summed E-state index contributed by atoms with van der Waals surface area (Å²) >= 11 is 0. The molecule has 0 bridgehead atoms. The molecule has 0 spiro atoms. The Labute approximate surface area is 305 Å². The summed E-state index contributed by atoms with van der Waals surface area (Å²) in [6.07, 6.45) is 22.1. The SMILES string of the molecule is CCCCCCCCCCCC(=O)[O-].CCCCCCCCCCCCOS(=O)(=O)O.O=S(=O)([O-])[O-].OCC(O)CO.[Mg+2].[Na+]. The van der Waals surface area contributed by atoms with Crippen molar-refractivity contribution in [1.82, 2.24) is 0 Å². The normalized spacial score (nSPS) is 10.6. The summed E-state index contributed by atoms with van der Waals surface area (Å²) in [6, 6.07) is 0. The molecule has 0 aromatic heterocycles. The second-order valence-electron chi connectivity index (χ2n) is 9.81. The van der Waals surface area contributed by atoms with E-state index in [0.29, 0.717) is 6.42 Å². The molecule has 17 heteroatoms. The van der Waals surface area contributed by atoms with Crippen molar-refractivity contribution in [2.75, 3.05) is 19.8 Å². The summed E-state index contributed by atoms with van der Waals surface area (Å²) in [5.74, 6) is -0.909. The minimum Gasteiger partial charge on any atom is -0.759 e. The quantitative estimate of drug-likeness (QED) is 0.0449. The molecule has 258 valence electrons. The summed E-state index contributed by atoms with van der Waals surface area (Å²) < 4.78 is 67.1. The number of carbonyl (C=O) groups excluding carboxylic acids is 1. The van der Waals surface area contributed by atoms with Gasteiger partial charge < -0.3 is 34.3 Å². The van der Waals surface area contributed by atoms with E-state index in [1.807, 2.05) is 0 Å². The van der Waals surface area contributed by atoms with Crippen LogP contribution in [-0.4, -0.2) is 101 Å². The fraction of sp³-hybridized carbons (Fsp3) is 0.963. The summed E-state index contributed by atoms with van der Waals surface area (Å²) in [5, 5.41) is 34.1. The molecule has 0 heterocycles. The molecule has 0 radical (unpaired) electrons. The van der Waals surface area contributed by atoms with E-state index in [-0.39, 0.29) is 78.9 Å². The zero-order valence-electron chi connectivity index (χ0n) is 27.3. The Bertz CT molecular complexity index is 747. The Kier molecular flexibility index (Phi) is 57.0. The van der Waals surface area contributed by atoms with Crippen molar-refractivity contribution in [2.24, 2.45) is 0 Å². The molecule has 0 atom stereocenters. The number of carbonyl (C=O) groups is 1. The number of unbranched alkanes of at least 4 members (excludes halogenated alkanes) is 17. The van der Waals surface area contributed by atoms with Gasteiger partial charge in [-0.1, -0.05) is 123 Å². The van der Waals surface area contributed by atoms with Crippen molar-refractivity contribution in [1.29, 1.82) is 0 Å². The van der Waals surface area contributed by atoms with E-state index < -0.39 is 32.9 Å². The third-order valence-electron chi connectivity index (χ3n) is 5.64. The molecule has 13 nitrogen and oxygen atoms in total. The molecule has 0 rings (SSSR count). The van der Waals surface area contributed by atoms with Gasteiger partial charge >= 0.3 is 63.0 Å². The van der Waals surface area contributed by atoms with E-state index in [1.54, 1.807) is 0 Å². The minimum absolute atomic E-state index is 0. The molecule has 4 N–H and O–H groups in total. The van der Waals surface area contributed by atoms with Gasteiger partial charge in [0.25, 0.3) is 0 Å². The van der Waals surface area contributed by atoms with Crippen molar-refractivity contribution in [3.8, 4) is 0 Å². The van der Waals surface area contributed by atoms with Crippen LogP contribution in [0.5, 0.6) is 0 Å². The summed E-state index contributed by atoms with van der Waals surface area (Å²) in [4.78, 5) is 10.1. The topological polar surface area (TPSA) is 245 Å². The van der Waals surface area contributed by atoms with Crippen LogP contribution in [0.4, 0.5) is 0 Å². The van der Waals surface area contributed by atoms with E-state index in [2.05, 4.69) is 18.0 Å². The number of carboxylic acids is 1. The van der Waals surface area contributed by atoms with Crippen LogP contribution in [0.25, 0.3) is 0 Å². The first-order valence-corrected chi connectivity index (χ1v) is 17.7. The number of aliphatic hydroxyl groups excluding tert-OH is 3. The molecule has 0 amide bonds. The molecule has 0 unspecified atom stereocenters. The predicted octanol–water partition coefficient (Wildman–Crippen LogP) is 0.00100. The molecular formula is C27H57MgNaO13S2. The molecule has 0 aliphatic carbocycles. The second kappa shape index (κ2) is 43.9. The first-order valence-electron chi connectivity index (χ1n) is 15.0. The molecule has 0 aromatic carbocycles. The van der Waals surface area contributed by atoms with Crippen molar-refractivity contribution in [3.05, 3.63) is 0 Å². The smallest absolute Gasteiger partial charge is 0.759 e. The molecule has 0 aliphatic rings. The van der Waals surface area contributed by atoms with E-state index >= 15 is 0 Å². The number of carboxylic acid groups (broad SMARTS) is 1. The molecule has 0 aliphatic heterocycles. The maximum absolute atomic E-state index is 10.2. The van der Waals surface area contributed by atoms with Gasteiger partial charge in [0.1, 0.15) is 6.10 Å². The number of rotatable bonds is 24. The van der Waals surface area contributed by atoms with Gasteiger partial charge in [-0.05, 0) is 19.3 Å². The molecule has 0 fully saturated rings. The van der Waals surface area contributed by atoms with Crippen LogP contribution in [-0.2, 0) is 29.8 Å². The van der Waals surface area contributed by atoms with Crippen LogP contribution < -0.4 is 34.7 Å². The maximum atomic E-state index is 10.2. The van der Waals surface area contributed by atoms with Crippen LogP contribution >= 0.6 is 0 Å². The van der Waals surface area contributed by atoms with Gasteiger partial charge in [0.15, 0.2) is 0 Å². The maximum Gasteiger partial charge on any atom is 2.00 e. The molecule has 0 saturated heterocycles. The predicted molar refractivity (Wildman–Crippen MR) is 163 cm³/mol. The van der Waals surface area contributed by atoms with Crippen molar-refractivity contribution < 1.29 is 89.5 Å². The van der Waals surface area contributed by atoms with Gasteiger partial charge in [-0.2, -0.15) is 8.42 Å². The van der Waals surface area contributed by atoms with Crippen LogP contribution in [0.1, 0.15) is 142 Å². The number of hydrogen-bond donors (Lipinski definition) is 4. The van der Waals surface area contributed by atoms with Crippen molar-refractivity contribution >= 4 is 49.8 Å². The summed E-state index contributed by atoms with van der Waals surface area (Å²) in [7, 11) is -9.40. The molecule has 0 saturated carbocycles. The Morgan fingerprint density at radius 2 is 0.932 bits per heavy atom. The van der Waals surface area contributed by atoms with Gasteiger partial charge in [0, 0.05) is 16.4 Å². The number of aliphatic carboxylic acids is 1. The Balaban J connectivity index is -0.000000120. The third kappa shape index (κ3) is 84.2. The Hall–Kier alpha value is 0.856. The number of hydrogen-bond acceptors (Lipinski definition) is 12. The van der Waals surface area contributed by atoms with Gasteiger partial charge in [-0.25, -0.2) is 4.18 Å². The third-order valence-corrected chi connectivity index (χ3v) is 6.10. The first kappa shape index (κ1) is 57.1. The average molecular weight is 701 g/mol. The van der Waals surface area contributed by atoms with Gasteiger partial charge in [-0.15, -0.1) is 0 Å². The van der Waals surface area contributed by atoms with Gasteiger partial charge in [0.05, 0.1) is 19.8 Å². The standard InChI is InChI=1S/C12H26O4S.C12H24O2.C3H8O3.Mg.Na.H2O4S/c1-2-3-4-5-6-7-8-9-10-11-12-16-17(13,14)15;1-2-3-4-5-6-7-8-9-10-11-12(13)14;4-1-3(6)2-5;;;1-5(2,3)4/h2-12H2,1H3,(H,13,14,15);2-11H2,1H3,(H,13,14);3-6H,1-2H2;;;(H2,1,2,3,4)/q;;;+2;+1;/p-3.